The van der Waals surface area contributed by atoms with Crippen molar-refractivity contribution in [2.24, 2.45) is 0 Å². The van der Waals surface area contributed by atoms with Crippen LogP contribution in [0.4, 0.5) is 0 Å². The van der Waals surface area contributed by atoms with Crippen molar-refractivity contribution in [1.29, 1.82) is 0 Å². The summed E-state index contributed by atoms with van der Waals surface area (Å²) in [5.41, 5.74) is 9.02. The average Bonchev–Trinajstić information content (AvgIpc) is 2.69. The molecular weight excluding hydrogens is 360 g/mol. The molecule has 0 heterocycles. The summed E-state index contributed by atoms with van der Waals surface area (Å²) in [5, 5.41) is 0. The molecule has 3 rings (SSSR count). The Hall–Kier alpha value is -2.60. The molecule has 3 aromatic rings. The van der Waals surface area contributed by atoms with Crippen LogP contribution in [0.3, 0.4) is 0 Å². The lowest BCUT2D eigenvalue weighted by Gasteiger charge is -2.32. The first-order valence-electron chi connectivity index (χ1n) is 10.6. The molecule has 0 radical (unpaired) electrons. The van der Waals surface area contributed by atoms with Gasteiger partial charge in [-0.2, -0.15) is 0 Å². The van der Waals surface area contributed by atoms with Crippen LogP contribution >= 0.6 is 0 Å². The summed E-state index contributed by atoms with van der Waals surface area (Å²) in [5.74, 6) is 0. The zero-order chi connectivity index (χ0) is 21.4. The molecule has 0 unspecified atom stereocenters. The van der Waals surface area contributed by atoms with Gasteiger partial charge in [0.05, 0.1) is 0 Å². The molecule has 0 spiro atoms. The topological polar surface area (TPSA) is 0 Å². The Balaban J connectivity index is 0.000000567. The van der Waals surface area contributed by atoms with Crippen LogP contribution < -0.4 is 0 Å². The van der Waals surface area contributed by atoms with E-state index in [1.54, 1.807) is 0 Å². The molecule has 0 aliphatic carbocycles. The maximum absolute atomic E-state index is 3.74. The van der Waals surface area contributed by atoms with Gasteiger partial charge in [0, 0.05) is 5.41 Å². The van der Waals surface area contributed by atoms with Gasteiger partial charge in [0.2, 0.25) is 0 Å². The smallest absolute Gasteiger partial charge is 0.0423 e. The molecule has 0 heteroatoms. The Morgan fingerprint density at radius 1 is 0.667 bits per heavy atom. The normalized spacial score (nSPS) is 10.5. The van der Waals surface area contributed by atoms with Gasteiger partial charge in [0.25, 0.3) is 0 Å². The monoisotopic (exact) mass is 400 g/mol. The van der Waals surface area contributed by atoms with Gasteiger partial charge >= 0.3 is 0 Å². The van der Waals surface area contributed by atoms with Crippen molar-refractivity contribution in [2.45, 2.75) is 67.2 Å². The van der Waals surface area contributed by atoms with Gasteiger partial charge in [-0.3, -0.25) is 0 Å². The molecule has 0 nitrogen and oxygen atoms in total. The minimum atomic E-state index is -0.144. The maximum atomic E-state index is 3.74. The number of hydrogen-bond donors (Lipinski definition) is 0. The van der Waals surface area contributed by atoms with Crippen molar-refractivity contribution in [3.05, 3.63) is 118 Å². The van der Waals surface area contributed by atoms with Crippen molar-refractivity contribution < 1.29 is 0 Å². The van der Waals surface area contributed by atoms with Crippen molar-refractivity contribution in [3.63, 3.8) is 0 Å². The fourth-order valence-corrected chi connectivity index (χ4v) is 3.59. The van der Waals surface area contributed by atoms with Gasteiger partial charge < -0.3 is 0 Å². The van der Waals surface area contributed by atoms with E-state index in [0.29, 0.717) is 0 Å². The van der Waals surface area contributed by atoms with Gasteiger partial charge in [-0.15, -0.1) is 6.58 Å². The molecule has 0 aliphatic rings. The summed E-state index contributed by atoms with van der Waals surface area (Å²) >= 11 is 0. The standard InChI is InChI=1S/C23H24.C6H12.CH4/c1-17-5-11-20(12-6-17)23(4,21-13-7-18(2)8-14-21)22-15-9-19(3)10-16-22;1-4-5-6(2)3;/h5-16H,1-4H3;2,4-5H2,1,3H3;1H4. The summed E-state index contributed by atoms with van der Waals surface area (Å²) in [6.45, 7) is 16.7. The zero-order valence-corrected chi connectivity index (χ0v) is 19.0. The number of allylic oxidation sites excluding steroid dienone is 1. The van der Waals surface area contributed by atoms with Crippen LogP contribution in [0.25, 0.3) is 0 Å². The van der Waals surface area contributed by atoms with E-state index in [2.05, 4.69) is 121 Å². The summed E-state index contributed by atoms with van der Waals surface area (Å²) in [4.78, 5) is 0. The fourth-order valence-electron chi connectivity index (χ4n) is 3.59. The van der Waals surface area contributed by atoms with Gasteiger partial charge in [0.15, 0.2) is 0 Å². The van der Waals surface area contributed by atoms with Crippen molar-refractivity contribution >= 4 is 0 Å². The van der Waals surface area contributed by atoms with Crippen LogP contribution in [0.2, 0.25) is 0 Å². The molecule has 0 aromatic heterocycles. The Morgan fingerprint density at radius 2 is 0.933 bits per heavy atom. The van der Waals surface area contributed by atoms with Crippen molar-refractivity contribution in [3.8, 4) is 0 Å². The van der Waals surface area contributed by atoms with E-state index in [0.717, 1.165) is 0 Å². The lowest BCUT2D eigenvalue weighted by Crippen LogP contribution is -2.25. The van der Waals surface area contributed by atoms with E-state index in [1.165, 1.54) is 51.8 Å². The number of hydrogen-bond acceptors (Lipinski definition) is 0. The van der Waals surface area contributed by atoms with Crippen LogP contribution in [-0.2, 0) is 5.41 Å². The molecule has 3 aromatic carbocycles. The Morgan fingerprint density at radius 3 is 1.10 bits per heavy atom. The van der Waals surface area contributed by atoms with E-state index in [1.807, 2.05) is 0 Å². The molecule has 160 valence electrons. The highest BCUT2D eigenvalue weighted by Crippen LogP contribution is 2.39. The molecule has 0 saturated carbocycles. The SMILES string of the molecule is C.C=C(C)CCC.Cc1ccc(C(C)(c2ccc(C)cc2)c2ccc(C)cc2)cc1. The first kappa shape index (κ1) is 25.4. The second-order valence-corrected chi connectivity index (χ2v) is 8.43. The van der Waals surface area contributed by atoms with Gasteiger partial charge in [-0.05, 0) is 57.7 Å². The van der Waals surface area contributed by atoms with E-state index in [4.69, 9.17) is 0 Å². The quantitative estimate of drug-likeness (QED) is 0.296. The first-order valence-corrected chi connectivity index (χ1v) is 10.6. The van der Waals surface area contributed by atoms with Gasteiger partial charge in [0.1, 0.15) is 0 Å². The average molecular weight is 401 g/mol. The molecule has 0 atom stereocenters. The van der Waals surface area contributed by atoms with Crippen LogP contribution in [0.1, 0.15) is 74.4 Å². The van der Waals surface area contributed by atoms with Gasteiger partial charge in [-0.25, -0.2) is 0 Å². The maximum Gasteiger partial charge on any atom is 0.0423 e. The Labute approximate surface area is 185 Å². The minimum Gasteiger partial charge on any atom is -0.100 e. The molecular formula is C30H40. The lowest BCUT2D eigenvalue weighted by molar-refractivity contribution is 0.691. The van der Waals surface area contributed by atoms with Crippen molar-refractivity contribution in [1.82, 2.24) is 0 Å². The van der Waals surface area contributed by atoms with Crippen LogP contribution in [-0.4, -0.2) is 0 Å². The second kappa shape index (κ2) is 11.6. The highest BCUT2D eigenvalue weighted by molar-refractivity contribution is 5.50. The zero-order valence-electron chi connectivity index (χ0n) is 19.0. The lowest BCUT2D eigenvalue weighted by atomic mass is 9.71. The second-order valence-electron chi connectivity index (χ2n) is 8.43. The molecule has 0 amide bonds. The predicted molar refractivity (Wildman–Crippen MR) is 136 cm³/mol. The van der Waals surface area contributed by atoms with Crippen LogP contribution in [0, 0.1) is 20.8 Å². The summed E-state index contributed by atoms with van der Waals surface area (Å²) in [6, 6.07) is 26.8. The highest BCUT2D eigenvalue weighted by Gasteiger charge is 2.30. The molecule has 0 saturated heterocycles. The predicted octanol–water partition coefficient (Wildman–Crippen LogP) is 8.96. The first-order chi connectivity index (χ1) is 13.8. The third-order valence-corrected chi connectivity index (χ3v) is 5.56. The fraction of sp³-hybridized carbons (Fsp3) is 0.333. The van der Waals surface area contributed by atoms with E-state index in [-0.39, 0.29) is 12.8 Å². The molecule has 0 aliphatic heterocycles. The molecule has 0 fully saturated rings. The minimum absolute atomic E-state index is 0. The van der Waals surface area contributed by atoms with E-state index in [9.17, 15) is 0 Å². The van der Waals surface area contributed by atoms with Crippen molar-refractivity contribution in [2.75, 3.05) is 0 Å². The number of rotatable bonds is 5. The summed E-state index contributed by atoms with van der Waals surface area (Å²) < 4.78 is 0. The Kier molecular flexibility index (Phi) is 9.79. The van der Waals surface area contributed by atoms with Gasteiger partial charge in [-0.1, -0.05) is 116 Å². The number of benzene rings is 3. The molecule has 30 heavy (non-hydrogen) atoms. The van der Waals surface area contributed by atoms with Crippen LogP contribution in [0.5, 0.6) is 0 Å². The number of aryl methyl sites for hydroxylation is 3. The third kappa shape index (κ3) is 6.46. The largest absolute Gasteiger partial charge is 0.100 e. The molecule has 0 bridgehead atoms. The van der Waals surface area contributed by atoms with E-state index < -0.39 is 0 Å². The van der Waals surface area contributed by atoms with E-state index >= 15 is 0 Å². The summed E-state index contributed by atoms with van der Waals surface area (Å²) in [6.07, 6.45) is 2.41. The summed E-state index contributed by atoms with van der Waals surface area (Å²) in [7, 11) is 0. The highest BCUT2D eigenvalue weighted by atomic mass is 14.3. The third-order valence-electron chi connectivity index (χ3n) is 5.56. The van der Waals surface area contributed by atoms with Crippen LogP contribution in [0.15, 0.2) is 84.9 Å². The Bertz CT molecular complexity index is 783. The molecule has 0 N–H and O–H groups in total.